The number of benzene rings is 1. The summed E-state index contributed by atoms with van der Waals surface area (Å²) < 4.78 is 16.1. The summed E-state index contributed by atoms with van der Waals surface area (Å²) >= 11 is 0. The highest BCUT2D eigenvalue weighted by atomic mass is 16.6. The van der Waals surface area contributed by atoms with Gasteiger partial charge in [-0.3, -0.25) is 4.79 Å². The Labute approximate surface area is 115 Å². The zero-order valence-corrected chi connectivity index (χ0v) is 10.6. The third-order valence-electron chi connectivity index (χ3n) is 3.52. The van der Waals surface area contributed by atoms with Crippen LogP contribution in [0.5, 0.6) is 0 Å². The van der Waals surface area contributed by atoms with Crippen molar-refractivity contribution in [1.82, 2.24) is 0 Å². The van der Waals surface area contributed by atoms with Crippen LogP contribution in [-0.4, -0.2) is 55.0 Å². The summed E-state index contributed by atoms with van der Waals surface area (Å²) in [6.45, 7) is 0.405. The number of aliphatic hydroxyl groups is 1. The van der Waals surface area contributed by atoms with Gasteiger partial charge < -0.3 is 19.3 Å². The van der Waals surface area contributed by atoms with Crippen LogP contribution >= 0.6 is 0 Å². The molecule has 2 heterocycles. The summed E-state index contributed by atoms with van der Waals surface area (Å²) in [5.41, 5.74) is 0.852. The summed E-state index contributed by atoms with van der Waals surface area (Å²) in [4.78, 5) is 22.5. The fourth-order valence-corrected chi connectivity index (χ4v) is 2.45. The zero-order valence-electron chi connectivity index (χ0n) is 10.6. The van der Waals surface area contributed by atoms with Gasteiger partial charge in [-0.1, -0.05) is 12.1 Å². The average molecular weight is 278 g/mol. The molecule has 1 N–H and O–H groups in total. The molecule has 2 unspecified atom stereocenters. The van der Waals surface area contributed by atoms with E-state index in [9.17, 15) is 14.7 Å². The number of aliphatic hydroxyl groups excluding tert-OH is 1. The molecule has 1 aromatic carbocycles. The van der Waals surface area contributed by atoms with Crippen molar-refractivity contribution in [3.63, 3.8) is 0 Å². The number of rotatable bonds is 3. The first-order chi connectivity index (χ1) is 9.69. The third kappa shape index (κ3) is 2.33. The zero-order chi connectivity index (χ0) is 14.1. The Balaban J connectivity index is 1.65. The van der Waals surface area contributed by atoms with Gasteiger partial charge in [0.05, 0.1) is 18.8 Å². The van der Waals surface area contributed by atoms with Gasteiger partial charge in [-0.2, -0.15) is 0 Å². The van der Waals surface area contributed by atoms with Gasteiger partial charge in [0, 0.05) is 5.56 Å². The number of esters is 1. The van der Waals surface area contributed by atoms with Gasteiger partial charge in [-0.25, -0.2) is 4.79 Å². The Bertz CT molecular complexity index is 511. The maximum absolute atomic E-state index is 12.0. The Hall–Kier alpha value is -1.76. The molecule has 2 aliphatic heterocycles. The van der Waals surface area contributed by atoms with Crippen molar-refractivity contribution in [3.05, 3.63) is 35.4 Å². The SMILES string of the molecule is O=Cc1ccc(C(=O)O[C@@H]2COC3C2OC[C@H]3O)cc1. The van der Waals surface area contributed by atoms with E-state index in [1.807, 2.05) is 0 Å². The van der Waals surface area contributed by atoms with Crippen LogP contribution in [-0.2, 0) is 14.2 Å². The van der Waals surface area contributed by atoms with Gasteiger partial charge in [0.25, 0.3) is 0 Å². The summed E-state index contributed by atoms with van der Waals surface area (Å²) in [6.07, 6.45) is -1.32. The Kier molecular flexibility index (Phi) is 3.52. The fourth-order valence-electron chi connectivity index (χ4n) is 2.45. The van der Waals surface area contributed by atoms with Gasteiger partial charge in [-0.15, -0.1) is 0 Å². The number of ether oxygens (including phenoxy) is 3. The standard InChI is InChI=1S/C14H14O6/c15-5-8-1-3-9(4-2-8)14(17)20-11-7-19-12-10(16)6-18-13(11)12/h1-5,10-13,16H,6-7H2/t10-,11-,12?,13?/m1/s1. The van der Waals surface area contributed by atoms with E-state index < -0.39 is 30.4 Å². The minimum atomic E-state index is -0.671. The second-order valence-corrected chi connectivity index (χ2v) is 4.85. The minimum absolute atomic E-state index is 0.192. The highest BCUT2D eigenvalue weighted by Gasteiger charge is 2.48. The van der Waals surface area contributed by atoms with E-state index in [0.29, 0.717) is 17.4 Å². The monoisotopic (exact) mass is 278 g/mol. The van der Waals surface area contributed by atoms with Gasteiger partial charge in [0.1, 0.15) is 24.6 Å². The molecule has 6 nitrogen and oxygen atoms in total. The number of carbonyl (C=O) groups excluding carboxylic acids is 2. The second kappa shape index (κ2) is 5.32. The van der Waals surface area contributed by atoms with E-state index in [1.54, 1.807) is 12.1 Å². The minimum Gasteiger partial charge on any atom is -0.453 e. The van der Waals surface area contributed by atoms with E-state index in [4.69, 9.17) is 14.2 Å². The molecule has 20 heavy (non-hydrogen) atoms. The van der Waals surface area contributed by atoms with Crippen LogP contribution in [0.3, 0.4) is 0 Å². The molecule has 0 aliphatic carbocycles. The van der Waals surface area contributed by atoms with E-state index in [-0.39, 0.29) is 13.2 Å². The van der Waals surface area contributed by atoms with E-state index in [0.717, 1.165) is 0 Å². The van der Waals surface area contributed by atoms with Crippen LogP contribution in [0.2, 0.25) is 0 Å². The van der Waals surface area contributed by atoms with Gasteiger partial charge in [0.15, 0.2) is 6.10 Å². The Morgan fingerprint density at radius 3 is 2.60 bits per heavy atom. The van der Waals surface area contributed by atoms with E-state index in [2.05, 4.69) is 0 Å². The van der Waals surface area contributed by atoms with Crippen LogP contribution < -0.4 is 0 Å². The number of hydrogen-bond donors (Lipinski definition) is 1. The average Bonchev–Trinajstić information content (AvgIpc) is 3.03. The molecule has 0 radical (unpaired) electrons. The van der Waals surface area contributed by atoms with Crippen molar-refractivity contribution >= 4 is 12.3 Å². The third-order valence-corrected chi connectivity index (χ3v) is 3.52. The molecule has 2 aliphatic rings. The Morgan fingerprint density at radius 2 is 1.90 bits per heavy atom. The molecule has 6 heteroatoms. The summed E-state index contributed by atoms with van der Waals surface area (Å²) in [5.74, 6) is -0.498. The lowest BCUT2D eigenvalue weighted by Gasteiger charge is -2.16. The predicted octanol–water partition coefficient (Wildman–Crippen LogP) is 0.183. The van der Waals surface area contributed by atoms with Crippen LogP contribution in [0.25, 0.3) is 0 Å². The van der Waals surface area contributed by atoms with Crippen molar-refractivity contribution in [2.75, 3.05) is 13.2 Å². The molecule has 4 atom stereocenters. The normalized spacial score (nSPS) is 31.9. The fraction of sp³-hybridized carbons (Fsp3) is 0.429. The highest BCUT2D eigenvalue weighted by molar-refractivity contribution is 5.90. The molecule has 106 valence electrons. The maximum Gasteiger partial charge on any atom is 0.338 e. The van der Waals surface area contributed by atoms with Gasteiger partial charge >= 0.3 is 5.97 Å². The van der Waals surface area contributed by atoms with Crippen molar-refractivity contribution in [2.45, 2.75) is 24.4 Å². The van der Waals surface area contributed by atoms with Crippen LogP contribution in [0.1, 0.15) is 20.7 Å². The van der Waals surface area contributed by atoms with Crippen molar-refractivity contribution < 1.29 is 28.9 Å². The lowest BCUT2D eigenvalue weighted by molar-refractivity contribution is -0.0209. The molecule has 0 aromatic heterocycles. The van der Waals surface area contributed by atoms with E-state index >= 15 is 0 Å². The Morgan fingerprint density at radius 1 is 1.20 bits per heavy atom. The number of aldehydes is 1. The molecule has 0 spiro atoms. The molecular formula is C14H14O6. The predicted molar refractivity (Wildman–Crippen MR) is 66.5 cm³/mol. The number of fused-ring (bicyclic) bond motifs is 1. The lowest BCUT2D eigenvalue weighted by atomic mass is 10.1. The summed E-state index contributed by atoms with van der Waals surface area (Å²) in [7, 11) is 0. The van der Waals surface area contributed by atoms with Crippen LogP contribution in [0.15, 0.2) is 24.3 Å². The molecule has 1 aromatic rings. The smallest absolute Gasteiger partial charge is 0.338 e. The number of carbonyl (C=O) groups is 2. The summed E-state index contributed by atoms with van der Waals surface area (Å²) in [5, 5.41) is 9.60. The molecule has 2 saturated heterocycles. The van der Waals surface area contributed by atoms with Crippen molar-refractivity contribution in [1.29, 1.82) is 0 Å². The number of hydrogen-bond acceptors (Lipinski definition) is 6. The first-order valence-electron chi connectivity index (χ1n) is 6.36. The highest BCUT2D eigenvalue weighted by Crippen LogP contribution is 2.29. The first kappa shape index (κ1) is 13.2. The topological polar surface area (TPSA) is 82.1 Å². The lowest BCUT2D eigenvalue weighted by Crippen LogP contribution is -2.34. The van der Waals surface area contributed by atoms with Crippen molar-refractivity contribution in [2.24, 2.45) is 0 Å². The molecule has 0 amide bonds. The second-order valence-electron chi connectivity index (χ2n) is 4.85. The first-order valence-corrected chi connectivity index (χ1v) is 6.36. The summed E-state index contributed by atoms with van der Waals surface area (Å²) in [6, 6.07) is 6.16. The van der Waals surface area contributed by atoms with Gasteiger partial charge in [0.2, 0.25) is 0 Å². The molecular weight excluding hydrogens is 264 g/mol. The van der Waals surface area contributed by atoms with Gasteiger partial charge in [-0.05, 0) is 12.1 Å². The van der Waals surface area contributed by atoms with Crippen LogP contribution in [0, 0.1) is 0 Å². The van der Waals surface area contributed by atoms with Crippen LogP contribution in [0.4, 0.5) is 0 Å². The molecule has 0 saturated carbocycles. The quantitative estimate of drug-likeness (QED) is 0.627. The maximum atomic E-state index is 12.0. The molecule has 3 rings (SSSR count). The molecule has 0 bridgehead atoms. The largest absolute Gasteiger partial charge is 0.453 e. The molecule has 2 fully saturated rings. The van der Waals surface area contributed by atoms with E-state index in [1.165, 1.54) is 12.1 Å². The van der Waals surface area contributed by atoms with Crippen molar-refractivity contribution in [3.8, 4) is 0 Å².